The quantitative estimate of drug-likeness (QED) is 0.643. The molecule has 1 rings (SSSR count). The molecule has 0 aliphatic carbocycles. The number of nitrogen functional groups attached to an aromatic ring is 1. The molecule has 0 spiro atoms. The van der Waals surface area contributed by atoms with Gasteiger partial charge in [-0.2, -0.15) is 0 Å². The number of hydrogen-bond donors (Lipinski definition) is 2. The Bertz CT molecular complexity index is 523. The molecule has 0 bridgehead atoms. The van der Waals surface area contributed by atoms with Crippen molar-refractivity contribution in [2.45, 2.75) is 45.3 Å². The van der Waals surface area contributed by atoms with Gasteiger partial charge in [0.25, 0.3) is 0 Å². The summed E-state index contributed by atoms with van der Waals surface area (Å²) < 4.78 is 9.89. The number of rotatable bonds is 5. The third-order valence-electron chi connectivity index (χ3n) is 2.79. The predicted molar refractivity (Wildman–Crippen MR) is 84.3 cm³/mol. The Morgan fingerprint density at radius 2 is 2.00 bits per heavy atom. The third kappa shape index (κ3) is 6.97. The molecule has 1 amide bonds. The van der Waals surface area contributed by atoms with E-state index in [2.05, 4.69) is 10.1 Å². The van der Waals surface area contributed by atoms with Gasteiger partial charge < -0.3 is 20.5 Å². The summed E-state index contributed by atoms with van der Waals surface area (Å²) in [6, 6.07) is 6.87. The second kappa shape index (κ2) is 7.68. The number of nitrogens with two attached hydrogens (primary N) is 1. The molecule has 0 heterocycles. The summed E-state index contributed by atoms with van der Waals surface area (Å²) in [5.41, 5.74) is 6.69. The monoisotopic (exact) mass is 308 g/mol. The zero-order valence-electron chi connectivity index (χ0n) is 13.5. The smallest absolute Gasteiger partial charge is 0.407 e. The van der Waals surface area contributed by atoms with E-state index in [4.69, 9.17) is 10.5 Å². The molecule has 0 aromatic heterocycles. The highest BCUT2D eigenvalue weighted by atomic mass is 16.6. The first-order chi connectivity index (χ1) is 10.2. The fraction of sp³-hybridized carbons (Fsp3) is 0.500. The minimum absolute atomic E-state index is 0.0601. The summed E-state index contributed by atoms with van der Waals surface area (Å²) >= 11 is 0. The standard InChI is InChI=1S/C16H24N2O4/c1-16(2,3)22-15(20)18-13(10-14(19)21-4)9-11-6-5-7-12(17)8-11/h5-8,13H,9-10,17H2,1-4H3,(H,18,20)/t13-/m0/s1. The van der Waals surface area contributed by atoms with E-state index in [0.717, 1.165) is 5.56 Å². The van der Waals surface area contributed by atoms with E-state index >= 15 is 0 Å². The van der Waals surface area contributed by atoms with Gasteiger partial charge >= 0.3 is 12.1 Å². The molecule has 3 N–H and O–H groups in total. The van der Waals surface area contributed by atoms with E-state index in [0.29, 0.717) is 12.1 Å². The Kier molecular flexibility index (Phi) is 6.22. The Labute approximate surface area is 131 Å². The topological polar surface area (TPSA) is 90.6 Å². The molecule has 122 valence electrons. The van der Waals surface area contributed by atoms with Crippen LogP contribution in [0, 0.1) is 0 Å². The highest BCUT2D eigenvalue weighted by Crippen LogP contribution is 2.12. The normalized spacial score (nSPS) is 12.4. The number of anilines is 1. The van der Waals surface area contributed by atoms with Crippen LogP contribution in [0.3, 0.4) is 0 Å². The van der Waals surface area contributed by atoms with Gasteiger partial charge in [0.15, 0.2) is 0 Å². The number of methoxy groups -OCH3 is 1. The number of benzene rings is 1. The summed E-state index contributed by atoms with van der Waals surface area (Å²) in [7, 11) is 1.31. The molecule has 0 aliphatic heterocycles. The molecule has 22 heavy (non-hydrogen) atoms. The number of hydrogen-bond acceptors (Lipinski definition) is 5. The Morgan fingerprint density at radius 3 is 2.55 bits per heavy atom. The van der Waals surface area contributed by atoms with E-state index < -0.39 is 23.7 Å². The summed E-state index contributed by atoms with van der Waals surface area (Å²) in [4.78, 5) is 23.4. The number of amides is 1. The van der Waals surface area contributed by atoms with Crippen LogP contribution in [-0.4, -0.2) is 30.8 Å². The van der Waals surface area contributed by atoms with E-state index in [1.54, 1.807) is 32.9 Å². The average Bonchev–Trinajstić information content (AvgIpc) is 2.35. The lowest BCUT2D eigenvalue weighted by Gasteiger charge is -2.23. The van der Waals surface area contributed by atoms with Crippen molar-refractivity contribution in [1.82, 2.24) is 5.32 Å². The predicted octanol–water partition coefficient (Wildman–Crippen LogP) is 2.27. The number of alkyl carbamates (subject to hydrolysis) is 1. The van der Waals surface area contributed by atoms with Gasteiger partial charge in [0.05, 0.1) is 13.5 Å². The van der Waals surface area contributed by atoms with Crippen molar-refractivity contribution in [2.75, 3.05) is 12.8 Å². The number of ether oxygens (including phenoxy) is 2. The number of carbonyl (C=O) groups excluding carboxylic acids is 2. The number of esters is 1. The molecule has 0 radical (unpaired) electrons. The van der Waals surface area contributed by atoms with Crippen LogP contribution in [-0.2, 0) is 20.7 Å². The van der Waals surface area contributed by atoms with Gasteiger partial charge in [-0.25, -0.2) is 4.79 Å². The maximum atomic E-state index is 11.9. The van der Waals surface area contributed by atoms with Crippen molar-refractivity contribution in [2.24, 2.45) is 0 Å². The van der Waals surface area contributed by atoms with Crippen molar-refractivity contribution in [3.05, 3.63) is 29.8 Å². The van der Waals surface area contributed by atoms with Crippen molar-refractivity contribution < 1.29 is 19.1 Å². The molecule has 0 saturated carbocycles. The maximum Gasteiger partial charge on any atom is 0.407 e. The maximum absolute atomic E-state index is 11.9. The molecule has 1 atom stereocenters. The Morgan fingerprint density at radius 1 is 1.32 bits per heavy atom. The first kappa shape index (κ1) is 17.8. The van der Waals surface area contributed by atoms with Crippen LogP contribution in [0.5, 0.6) is 0 Å². The largest absolute Gasteiger partial charge is 0.469 e. The van der Waals surface area contributed by atoms with Gasteiger partial charge in [-0.05, 0) is 44.9 Å². The van der Waals surface area contributed by atoms with Crippen molar-refractivity contribution >= 4 is 17.7 Å². The number of nitrogens with one attached hydrogen (secondary N) is 1. The minimum Gasteiger partial charge on any atom is -0.469 e. The second-order valence-electron chi connectivity index (χ2n) is 6.07. The zero-order valence-corrected chi connectivity index (χ0v) is 13.5. The Balaban J connectivity index is 2.75. The summed E-state index contributed by atoms with van der Waals surface area (Å²) in [5, 5.41) is 2.70. The summed E-state index contributed by atoms with van der Waals surface area (Å²) in [6.07, 6.45) is -0.0467. The molecule has 1 aromatic rings. The molecule has 0 saturated heterocycles. The SMILES string of the molecule is COC(=O)C[C@H](Cc1cccc(N)c1)NC(=O)OC(C)(C)C. The van der Waals surface area contributed by atoms with Crippen molar-refractivity contribution in [1.29, 1.82) is 0 Å². The van der Waals surface area contributed by atoms with E-state index in [9.17, 15) is 9.59 Å². The molecular formula is C16H24N2O4. The molecular weight excluding hydrogens is 284 g/mol. The highest BCUT2D eigenvalue weighted by Gasteiger charge is 2.22. The van der Waals surface area contributed by atoms with E-state index in [1.807, 2.05) is 12.1 Å². The van der Waals surface area contributed by atoms with Crippen LogP contribution in [0.15, 0.2) is 24.3 Å². The fourth-order valence-electron chi connectivity index (χ4n) is 1.94. The van der Waals surface area contributed by atoms with Gasteiger partial charge in [0.1, 0.15) is 5.60 Å². The van der Waals surface area contributed by atoms with Crippen LogP contribution >= 0.6 is 0 Å². The van der Waals surface area contributed by atoms with Crippen molar-refractivity contribution in [3.63, 3.8) is 0 Å². The molecule has 0 unspecified atom stereocenters. The molecule has 0 aliphatic rings. The number of carbonyl (C=O) groups is 2. The van der Waals surface area contributed by atoms with Gasteiger partial charge in [0.2, 0.25) is 0 Å². The molecule has 1 aromatic carbocycles. The van der Waals surface area contributed by atoms with Crippen molar-refractivity contribution in [3.8, 4) is 0 Å². The summed E-state index contributed by atoms with van der Waals surface area (Å²) in [5.74, 6) is -0.398. The summed E-state index contributed by atoms with van der Waals surface area (Å²) in [6.45, 7) is 5.33. The lowest BCUT2D eigenvalue weighted by atomic mass is 10.0. The van der Waals surface area contributed by atoms with Crippen LogP contribution in [0.25, 0.3) is 0 Å². The average molecular weight is 308 g/mol. The van der Waals surface area contributed by atoms with Crippen LogP contribution in [0.1, 0.15) is 32.8 Å². The van der Waals surface area contributed by atoms with E-state index in [-0.39, 0.29) is 6.42 Å². The second-order valence-corrected chi connectivity index (χ2v) is 6.07. The first-order valence-corrected chi connectivity index (χ1v) is 7.10. The lowest BCUT2D eigenvalue weighted by Crippen LogP contribution is -2.41. The van der Waals surface area contributed by atoms with E-state index in [1.165, 1.54) is 7.11 Å². The minimum atomic E-state index is -0.600. The lowest BCUT2D eigenvalue weighted by molar-refractivity contribution is -0.141. The molecule has 6 nitrogen and oxygen atoms in total. The molecule has 0 fully saturated rings. The highest BCUT2D eigenvalue weighted by molar-refractivity contribution is 5.73. The first-order valence-electron chi connectivity index (χ1n) is 7.10. The molecule has 6 heteroatoms. The van der Waals surface area contributed by atoms with Crippen LogP contribution in [0.4, 0.5) is 10.5 Å². The van der Waals surface area contributed by atoms with Gasteiger partial charge in [-0.1, -0.05) is 12.1 Å². The van der Waals surface area contributed by atoms with Crippen LogP contribution < -0.4 is 11.1 Å². The zero-order chi connectivity index (χ0) is 16.8. The fourth-order valence-corrected chi connectivity index (χ4v) is 1.94. The van der Waals surface area contributed by atoms with Gasteiger partial charge in [0, 0.05) is 11.7 Å². The van der Waals surface area contributed by atoms with Gasteiger partial charge in [-0.3, -0.25) is 4.79 Å². The van der Waals surface area contributed by atoms with Gasteiger partial charge in [-0.15, -0.1) is 0 Å². The van der Waals surface area contributed by atoms with Crippen LogP contribution in [0.2, 0.25) is 0 Å². The third-order valence-corrected chi connectivity index (χ3v) is 2.79. The Hall–Kier alpha value is -2.24.